The molecule has 4 nitrogen and oxygen atoms in total. The summed E-state index contributed by atoms with van der Waals surface area (Å²) < 4.78 is 19.8. The average Bonchev–Trinajstić information content (AvgIpc) is 2.62. The molecule has 2 rings (SSSR count). The summed E-state index contributed by atoms with van der Waals surface area (Å²) in [6.07, 6.45) is 4.35. The van der Waals surface area contributed by atoms with Crippen molar-refractivity contribution in [1.82, 2.24) is 5.32 Å². The van der Waals surface area contributed by atoms with Gasteiger partial charge in [-0.05, 0) is 55.0 Å². The van der Waals surface area contributed by atoms with Crippen LogP contribution in [0.2, 0.25) is 0 Å². The highest BCUT2D eigenvalue weighted by atomic mass is 79.9. The highest BCUT2D eigenvalue weighted by Gasteiger charge is 2.15. The van der Waals surface area contributed by atoms with Gasteiger partial charge in [-0.25, -0.2) is 4.39 Å². The van der Waals surface area contributed by atoms with Gasteiger partial charge < -0.3 is 10.1 Å². The molecular weight excluding hydrogens is 431 g/mol. The van der Waals surface area contributed by atoms with E-state index in [1.54, 1.807) is 24.3 Å². The van der Waals surface area contributed by atoms with E-state index in [2.05, 4.69) is 33.5 Å². The van der Waals surface area contributed by atoms with Crippen LogP contribution in [0.15, 0.2) is 46.9 Å². The Hall–Kier alpha value is -1.99. The maximum absolute atomic E-state index is 13.2. The van der Waals surface area contributed by atoms with Gasteiger partial charge in [0.2, 0.25) is 0 Å². The van der Waals surface area contributed by atoms with Crippen LogP contribution in [0.5, 0.6) is 5.75 Å². The Bertz CT molecular complexity index is 801. The minimum Gasteiger partial charge on any atom is -0.493 e. The number of carbonyl (C=O) groups is 1. The van der Waals surface area contributed by atoms with Crippen LogP contribution in [0.25, 0.3) is 0 Å². The van der Waals surface area contributed by atoms with Crippen LogP contribution in [0, 0.1) is 5.82 Å². The van der Waals surface area contributed by atoms with Crippen molar-refractivity contribution in [2.75, 3.05) is 11.9 Å². The van der Waals surface area contributed by atoms with Crippen LogP contribution in [-0.4, -0.2) is 17.6 Å². The third-order valence-corrected chi connectivity index (χ3v) is 4.45. The second kappa shape index (κ2) is 11.0. The van der Waals surface area contributed by atoms with Gasteiger partial charge in [-0.2, -0.15) is 0 Å². The lowest BCUT2D eigenvalue weighted by Crippen LogP contribution is -2.34. The molecule has 0 saturated heterocycles. The van der Waals surface area contributed by atoms with Crippen LogP contribution in [0.1, 0.15) is 43.0 Å². The molecule has 0 atom stereocenters. The number of benzene rings is 2. The van der Waals surface area contributed by atoms with Crippen LogP contribution in [0.4, 0.5) is 10.1 Å². The molecule has 0 saturated carbocycles. The first-order valence-electron chi connectivity index (χ1n) is 8.80. The number of ether oxygens (including phenoxy) is 1. The molecule has 0 radical (unpaired) electrons. The minimum absolute atomic E-state index is 0.0828. The first-order chi connectivity index (χ1) is 13.0. The summed E-state index contributed by atoms with van der Waals surface area (Å²) in [7, 11) is 0. The number of rotatable bonds is 8. The van der Waals surface area contributed by atoms with Crippen molar-refractivity contribution in [3.05, 3.63) is 58.3 Å². The first-order valence-corrected chi connectivity index (χ1v) is 10.00. The van der Waals surface area contributed by atoms with Gasteiger partial charge in [0.1, 0.15) is 11.6 Å². The van der Waals surface area contributed by atoms with E-state index in [-0.39, 0.29) is 10.9 Å². The van der Waals surface area contributed by atoms with Gasteiger partial charge in [-0.15, -0.1) is 0 Å². The Labute approximate surface area is 172 Å². The fraction of sp³-hybridized carbons (Fsp3) is 0.300. The quantitative estimate of drug-likeness (QED) is 0.399. The molecule has 0 bridgehead atoms. The van der Waals surface area contributed by atoms with Crippen molar-refractivity contribution < 1.29 is 13.9 Å². The van der Waals surface area contributed by atoms with Crippen molar-refractivity contribution in [3.8, 4) is 5.75 Å². The van der Waals surface area contributed by atoms with E-state index in [0.717, 1.165) is 30.2 Å². The van der Waals surface area contributed by atoms with Gasteiger partial charge in [0.25, 0.3) is 5.91 Å². The lowest BCUT2D eigenvalue weighted by atomic mass is 10.2. The predicted molar refractivity (Wildman–Crippen MR) is 114 cm³/mol. The van der Waals surface area contributed by atoms with Crippen LogP contribution in [0.3, 0.4) is 0 Å². The number of carbonyl (C=O) groups excluding carboxylic acids is 1. The van der Waals surface area contributed by atoms with Gasteiger partial charge in [0.05, 0.1) is 12.2 Å². The van der Waals surface area contributed by atoms with Crippen molar-refractivity contribution in [2.24, 2.45) is 0 Å². The summed E-state index contributed by atoms with van der Waals surface area (Å²) in [5.74, 6) is -0.283. The second-order valence-corrected chi connectivity index (χ2v) is 7.29. The van der Waals surface area contributed by atoms with Crippen molar-refractivity contribution >= 4 is 44.9 Å². The first kappa shape index (κ1) is 21.3. The summed E-state index contributed by atoms with van der Waals surface area (Å²) >= 11 is 8.52. The van der Waals surface area contributed by atoms with Gasteiger partial charge in [0.15, 0.2) is 5.11 Å². The largest absolute Gasteiger partial charge is 0.493 e. The molecule has 0 heterocycles. The molecule has 1 amide bonds. The maximum Gasteiger partial charge on any atom is 0.261 e. The van der Waals surface area contributed by atoms with Crippen LogP contribution >= 0.6 is 28.1 Å². The zero-order valence-electron chi connectivity index (χ0n) is 15.1. The minimum atomic E-state index is -0.395. The maximum atomic E-state index is 13.2. The van der Waals surface area contributed by atoms with Crippen LogP contribution < -0.4 is 15.4 Å². The van der Waals surface area contributed by atoms with E-state index in [4.69, 9.17) is 17.0 Å². The zero-order valence-corrected chi connectivity index (χ0v) is 17.5. The van der Waals surface area contributed by atoms with Crippen molar-refractivity contribution in [2.45, 2.75) is 32.6 Å². The third kappa shape index (κ3) is 7.27. The van der Waals surface area contributed by atoms with E-state index in [9.17, 15) is 9.18 Å². The Morgan fingerprint density at radius 1 is 1.19 bits per heavy atom. The number of anilines is 1. The van der Waals surface area contributed by atoms with Crippen molar-refractivity contribution in [1.29, 1.82) is 0 Å². The number of hydrogen-bond donors (Lipinski definition) is 2. The molecule has 0 aliphatic heterocycles. The Morgan fingerprint density at radius 3 is 2.74 bits per heavy atom. The summed E-state index contributed by atoms with van der Waals surface area (Å²) in [4.78, 5) is 12.6. The fourth-order valence-electron chi connectivity index (χ4n) is 2.42. The molecule has 27 heavy (non-hydrogen) atoms. The summed E-state index contributed by atoms with van der Waals surface area (Å²) in [6, 6.07) is 11.1. The highest BCUT2D eigenvalue weighted by molar-refractivity contribution is 9.10. The molecule has 0 aliphatic carbocycles. The summed E-state index contributed by atoms with van der Waals surface area (Å²) in [6.45, 7) is 2.70. The number of halogens is 2. The average molecular weight is 453 g/mol. The Morgan fingerprint density at radius 2 is 2.00 bits per heavy atom. The number of thiocarbonyl (C=S) groups is 1. The third-order valence-electron chi connectivity index (χ3n) is 3.75. The number of hydrogen-bond acceptors (Lipinski definition) is 3. The molecule has 0 aliphatic rings. The van der Waals surface area contributed by atoms with Gasteiger partial charge in [-0.1, -0.05) is 48.2 Å². The normalized spacial score (nSPS) is 10.3. The number of amides is 1. The van der Waals surface area contributed by atoms with E-state index >= 15 is 0 Å². The Kier molecular flexibility index (Phi) is 8.67. The molecule has 0 fully saturated rings. The van der Waals surface area contributed by atoms with Gasteiger partial charge in [0, 0.05) is 10.2 Å². The predicted octanol–water partition coefficient (Wildman–Crippen LogP) is 5.67. The van der Waals surface area contributed by atoms with E-state index < -0.39 is 5.91 Å². The van der Waals surface area contributed by atoms with Gasteiger partial charge in [-0.3, -0.25) is 10.1 Å². The van der Waals surface area contributed by atoms with Gasteiger partial charge >= 0.3 is 0 Å². The fourth-order valence-corrected chi connectivity index (χ4v) is 2.99. The standard InChI is InChI=1S/C20H22BrFN2O2S/c1-2-3-4-5-11-26-18-10-9-14(21)12-17(18)19(25)24-20(27)23-16-8-6-7-15(22)13-16/h6-10,12-13H,2-5,11H2,1H3,(H2,23,24,25,27). The monoisotopic (exact) mass is 452 g/mol. The zero-order chi connectivity index (χ0) is 19.6. The second-order valence-electron chi connectivity index (χ2n) is 5.97. The molecule has 0 spiro atoms. The summed E-state index contributed by atoms with van der Waals surface area (Å²) in [5, 5.41) is 5.47. The topological polar surface area (TPSA) is 50.4 Å². The SMILES string of the molecule is CCCCCCOc1ccc(Br)cc1C(=O)NC(=S)Nc1cccc(F)c1. The Balaban J connectivity index is 1.99. The van der Waals surface area contributed by atoms with E-state index in [1.165, 1.54) is 12.1 Å². The molecule has 144 valence electrons. The highest BCUT2D eigenvalue weighted by Crippen LogP contribution is 2.24. The molecule has 2 N–H and O–H groups in total. The molecule has 7 heteroatoms. The molecule has 2 aromatic carbocycles. The molecule has 0 aromatic heterocycles. The smallest absolute Gasteiger partial charge is 0.261 e. The number of unbranched alkanes of at least 4 members (excludes halogenated alkanes) is 3. The molecule has 2 aromatic rings. The lowest BCUT2D eigenvalue weighted by molar-refractivity contribution is 0.0973. The van der Waals surface area contributed by atoms with E-state index in [0.29, 0.717) is 23.6 Å². The summed E-state index contributed by atoms with van der Waals surface area (Å²) in [5.41, 5.74) is 0.838. The number of nitrogens with one attached hydrogen (secondary N) is 2. The molecular formula is C20H22BrFN2O2S. The van der Waals surface area contributed by atoms with E-state index in [1.807, 2.05) is 6.07 Å². The van der Waals surface area contributed by atoms with Crippen LogP contribution in [-0.2, 0) is 0 Å². The van der Waals surface area contributed by atoms with Crippen molar-refractivity contribution in [3.63, 3.8) is 0 Å². The lowest BCUT2D eigenvalue weighted by Gasteiger charge is -2.13. The molecule has 0 unspecified atom stereocenters.